The van der Waals surface area contributed by atoms with Gasteiger partial charge in [-0.3, -0.25) is 5.26 Å². The SMILES string of the molecule is CCCCCC(CC)(CC)OO. The maximum Gasteiger partial charge on any atom is 0.103 e. The zero-order chi connectivity index (χ0) is 9.45. The van der Waals surface area contributed by atoms with Crippen molar-refractivity contribution in [3.63, 3.8) is 0 Å². The third kappa shape index (κ3) is 3.55. The molecular weight excluding hydrogens is 152 g/mol. The van der Waals surface area contributed by atoms with Gasteiger partial charge in [-0.05, 0) is 19.3 Å². The van der Waals surface area contributed by atoms with Crippen molar-refractivity contribution in [2.24, 2.45) is 0 Å². The summed E-state index contributed by atoms with van der Waals surface area (Å²) >= 11 is 0. The number of hydrogen-bond donors (Lipinski definition) is 1. The van der Waals surface area contributed by atoms with Crippen molar-refractivity contribution in [2.45, 2.75) is 64.9 Å². The summed E-state index contributed by atoms with van der Waals surface area (Å²) in [5.41, 5.74) is -0.269. The predicted octanol–water partition coefficient (Wildman–Crippen LogP) is 3.62. The summed E-state index contributed by atoms with van der Waals surface area (Å²) < 4.78 is 0. The topological polar surface area (TPSA) is 29.5 Å². The van der Waals surface area contributed by atoms with Crippen LogP contribution >= 0.6 is 0 Å². The first-order chi connectivity index (χ1) is 5.74. The lowest BCUT2D eigenvalue weighted by Crippen LogP contribution is -2.29. The average molecular weight is 174 g/mol. The normalized spacial score (nSPS) is 12.0. The van der Waals surface area contributed by atoms with E-state index in [1.807, 2.05) is 0 Å². The molecule has 0 aromatic heterocycles. The Labute approximate surface area is 75.9 Å². The molecule has 0 saturated heterocycles. The maximum atomic E-state index is 8.78. The number of rotatable bonds is 7. The van der Waals surface area contributed by atoms with Gasteiger partial charge in [-0.1, -0.05) is 40.0 Å². The lowest BCUT2D eigenvalue weighted by molar-refractivity contribution is -0.327. The van der Waals surface area contributed by atoms with E-state index >= 15 is 0 Å². The van der Waals surface area contributed by atoms with E-state index in [1.165, 1.54) is 12.8 Å². The Kier molecular flexibility index (Phi) is 6.39. The van der Waals surface area contributed by atoms with Crippen molar-refractivity contribution in [1.82, 2.24) is 0 Å². The third-order valence-electron chi connectivity index (χ3n) is 2.72. The fourth-order valence-corrected chi connectivity index (χ4v) is 1.48. The second kappa shape index (κ2) is 6.44. The second-order valence-electron chi connectivity index (χ2n) is 3.44. The van der Waals surface area contributed by atoms with Crippen LogP contribution in [-0.2, 0) is 4.89 Å². The molecule has 0 atom stereocenters. The average Bonchev–Trinajstić information content (AvgIpc) is 2.14. The Balaban J connectivity index is 3.76. The molecular formula is C10H22O2. The molecule has 0 aliphatic rings. The first-order valence-corrected chi connectivity index (χ1v) is 5.07. The Morgan fingerprint density at radius 2 is 1.67 bits per heavy atom. The molecule has 0 rings (SSSR count). The van der Waals surface area contributed by atoms with Crippen molar-refractivity contribution in [2.75, 3.05) is 0 Å². The zero-order valence-electron chi connectivity index (χ0n) is 8.60. The highest BCUT2D eigenvalue weighted by atomic mass is 17.1. The van der Waals surface area contributed by atoms with E-state index in [2.05, 4.69) is 25.7 Å². The van der Waals surface area contributed by atoms with E-state index in [0.29, 0.717) is 0 Å². The van der Waals surface area contributed by atoms with Gasteiger partial charge in [0.2, 0.25) is 0 Å². The smallest absolute Gasteiger partial charge is 0.103 e. The van der Waals surface area contributed by atoms with Crippen LogP contribution in [-0.4, -0.2) is 10.9 Å². The molecule has 2 heteroatoms. The zero-order valence-corrected chi connectivity index (χ0v) is 8.60. The maximum absolute atomic E-state index is 8.78. The van der Waals surface area contributed by atoms with Crippen LogP contribution in [0.3, 0.4) is 0 Å². The highest BCUT2D eigenvalue weighted by Crippen LogP contribution is 2.26. The lowest BCUT2D eigenvalue weighted by atomic mass is 9.91. The molecule has 0 bridgehead atoms. The van der Waals surface area contributed by atoms with Gasteiger partial charge in [-0.2, -0.15) is 0 Å². The molecule has 0 spiro atoms. The van der Waals surface area contributed by atoms with Crippen LogP contribution in [0.2, 0.25) is 0 Å². The van der Waals surface area contributed by atoms with Gasteiger partial charge in [0, 0.05) is 0 Å². The first kappa shape index (κ1) is 11.9. The van der Waals surface area contributed by atoms with E-state index in [9.17, 15) is 0 Å². The molecule has 0 amide bonds. The van der Waals surface area contributed by atoms with Gasteiger partial charge in [0.05, 0.1) is 0 Å². The number of hydrogen-bond acceptors (Lipinski definition) is 2. The molecule has 0 radical (unpaired) electrons. The lowest BCUT2D eigenvalue weighted by Gasteiger charge is -2.27. The third-order valence-corrected chi connectivity index (χ3v) is 2.72. The van der Waals surface area contributed by atoms with Crippen LogP contribution in [0.4, 0.5) is 0 Å². The summed E-state index contributed by atoms with van der Waals surface area (Å²) in [6.45, 7) is 6.30. The minimum absolute atomic E-state index is 0.269. The standard InChI is InChI=1S/C10H22O2/c1-4-7-8-9-10(5-2,6-3)12-11/h11H,4-9H2,1-3H3. The first-order valence-electron chi connectivity index (χ1n) is 5.07. The highest BCUT2D eigenvalue weighted by molar-refractivity contribution is 4.75. The van der Waals surface area contributed by atoms with Crippen LogP contribution in [0.1, 0.15) is 59.3 Å². The Bertz CT molecular complexity index is 89.7. The fourth-order valence-electron chi connectivity index (χ4n) is 1.48. The summed E-state index contributed by atoms with van der Waals surface area (Å²) in [6.07, 6.45) is 6.36. The van der Waals surface area contributed by atoms with Crippen molar-refractivity contribution >= 4 is 0 Å². The molecule has 0 unspecified atom stereocenters. The molecule has 74 valence electrons. The largest absolute Gasteiger partial charge is 0.251 e. The van der Waals surface area contributed by atoms with E-state index in [1.54, 1.807) is 0 Å². The molecule has 12 heavy (non-hydrogen) atoms. The van der Waals surface area contributed by atoms with Gasteiger partial charge in [-0.15, -0.1) is 0 Å². The molecule has 0 aliphatic carbocycles. The summed E-state index contributed by atoms with van der Waals surface area (Å²) in [5.74, 6) is 0. The van der Waals surface area contributed by atoms with E-state index in [0.717, 1.165) is 25.7 Å². The molecule has 0 aliphatic heterocycles. The molecule has 1 N–H and O–H groups in total. The van der Waals surface area contributed by atoms with Crippen LogP contribution in [0.15, 0.2) is 0 Å². The van der Waals surface area contributed by atoms with Gasteiger partial charge in [0.25, 0.3) is 0 Å². The predicted molar refractivity (Wildman–Crippen MR) is 51.2 cm³/mol. The Hall–Kier alpha value is -0.0800. The Morgan fingerprint density at radius 1 is 1.08 bits per heavy atom. The molecule has 2 nitrogen and oxygen atoms in total. The van der Waals surface area contributed by atoms with Gasteiger partial charge in [0.15, 0.2) is 0 Å². The summed E-state index contributed by atoms with van der Waals surface area (Å²) in [4.78, 5) is 4.58. The van der Waals surface area contributed by atoms with Gasteiger partial charge in [0.1, 0.15) is 5.60 Å². The highest BCUT2D eigenvalue weighted by Gasteiger charge is 2.26. The summed E-state index contributed by atoms with van der Waals surface area (Å²) in [5, 5.41) is 8.78. The van der Waals surface area contributed by atoms with Crippen molar-refractivity contribution < 1.29 is 10.1 Å². The molecule has 0 aromatic carbocycles. The fraction of sp³-hybridized carbons (Fsp3) is 1.00. The molecule has 0 heterocycles. The summed E-state index contributed by atoms with van der Waals surface area (Å²) in [6, 6.07) is 0. The van der Waals surface area contributed by atoms with Crippen LogP contribution in [0.25, 0.3) is 0 Å². The monoisotopic (exact) mass is 174 g/mol. The van der Waals surface area contributed by atoms with E-state index < -0.39 is 0 Å². The minimum atomic E-state index is -0.269. The second-order valence-corrected chi connectivity index (χ2v) is 3.44. The number of unbranched alkanes of at least 4 members (excludes halogenated alkanes) is 2. The quantitative estimate of drug-likeness (QED) is 0.363. The van der Waals surface area contributed by atoms with E-state index in [-0.39, 0.29) is 5.60 Å². The Morgan fingerprint density at radius 3 is 2.00 bits per heavy atom. The van der Waals surface area contributed by atoms with E-state index in [4.69, 9.17) is 5.26 Å². The van der Waals surface area contributed by atoms with Crippen LogP contribution < -0.4 is 0 Å². The van der Waals surface area contributed by atoms with Gasteiger partial charge in [-0.25, -0.2) is 4.89 Å². The van der Waals surface area contributed by atoms with Crippen LogP contribution in [0.5, 0.6) is 0 Å². The van der Waals surface area contributed by atoms with Crippen molar-refractivity contribution in [3.8, 4) is 0 Å². The van der Waals surface area contributed by atoms with Gasteiger partial charge >= 0.3 is 0 Å². The molecule has 0 saturated carbocycles. The minimum Gasteiger partial charge on any atom is -0.251 e. The molecule has 0 aromatic rings. The van der Waals surface area contributed by atoms with Crippen molar-refractivity contribution in [3.05, 3.63) is 0 Å². The molecule has 0 fully saturated rings. The summed E-state index contributed by atoms with van der Waals surface area (Å²) in [7, 11) is 0. The van der Waals surface area contributed by atoms with Crippen LogP contribution in [0, 0.1) is 0 Å². The van der Waals surface area contributed by atoms with Crippen molar-refractivity contribution in [1.29, 1.82) is 0 Å². The van der Waals surface area contributed by atoms with Gasteiger partial charge < -0.3 is 0 Å².